The van der Waals surface area contributed by atoms with Gasteiger partial charge in [0.25, 0.3) is 0 Å². The molecule has 0 aliphatic rings. The molecule has 1 heterocycles. The molecule has 0 spiro atoms. The van der Waals surface area contributed by atoms with E-state index in [0.29, 0.717) is 6.54 Å². The van der Waals surface area contributed by atoms with Gasteiger partial charge < -0.3 is 15.6 Å². The van der Waals surface area contributed by atoms with Gasteiger partial charge in [-0.1, -0.05) is 17.3 Å². The van der Waals surface area contributed by atoms with Crippen LogP contribution in [0.5, 0.6) is 0 Å². The van der Waals surface area contributed by atoms with Crippen LogP contribution in [-0.2, 0) is 13.1 Å². The Labute approximate surface area is 94.4 Å². The number of hydrogen-bond acceptors (Lipinski definition) is 4. The topological polar surface area (TPSA) is 64.1 Å². The summed E-state index contributed by atoms with van der Waals surface area (Å²) in [4.78, 5) is 0. The number of hydrogen-bond donors (Lipinski definition) is 2. The summed E-state index contributed by atoms with van der Waals surface area (Å²) in [5.41, 5.74) is 8.54. The van der Waals surface area contributed by atoms with Gasteiger partial charge in [-0.05, 0) is 24.6 Å². The molecule has 2 rings (SSSR count). The number of aryl methyl sites for hydroxylation is 1. The Kier molecular flexibility index (Phi) is 3.22. The molecule has 84 valence electrons. The first-order valence-electron chi connectivity index (χ1n) is 5.21. The second kappa shape index (κ2) is 4.81. The van der Waals surface area contributed by atoms with Crippen molar-refractivity contribution in [2.24, 2.45) is 0 Å². The van der Waals surface area contributed by atoms with E-state index in [0.717, 1.165) is 29.2 Å². The molecule has 0 aliphatic carbocycles. The number of benzene rings is 1. The van der Waals surface area contributed by atoms with Crippen LogP contribution in [0.1, 0.15) is 17.0 Å². The van der Waals surface area contributed by atoms with E-state index in [1.807, 2.05) is 37.3 Å². The zero-order valence-electron chi connectivity index (χ0n) is 9.23. The van der Waals surface area contributed by atoms with Gasteiger partial charge in [0.1, 0.15) is 0 Å². The van der Waals surface area contributed by atoms with Gasteiger partial charge in [-0.25, -0.2) is 0 Å². The summed E-state index contributed by atoms with van der Waals surface area (Å²) < 4.78 is 5.09. The molecule has 0 unspecified atom stereocenters. The van der Waals surface area contributed by atoms with E-state index >= 15 is 0 Å². The predicted octanol–water partition coefficient (Wildman–Crippen LogP) is 1.86. The molecule has 3 N–H and O–H groups in total. The van der Waals surface area contributed by atoms with Crippen LogP contribution in [0.15, 0.2) is 34.9 Å². The van der Waals surface area contributed by atoms with E-state index < -0.39 is 0 Å². The van der Waals surface area contributed by atoms with Crippen molar-refractivity contribution in [2.45, 2.75) is 20.0 Å². The minimum atomic E-state index is 0.676. The number of nitrogens with one attached hydrogen (secondary N) is 1. The van der Waals surface area contributed by atoms with Crippen LogP contribution in [0.2, 0.25) is 0 Å². The lowest BCUT2D eigenvalue weighted by atomic mass is 10.2. The first-order chi connectivity index (χ1) is 7.74. The minimum Gasteiger partial charge on any atom is -0.399 e. The first-order valence-corrected chi connectivity index (χ1v) is 5.21. The number of nitrogens with two attached hydrogens (primary N) is 1. The minimum absolute atomic E-state index is 0.676. The molecule has 0 amide bonds. The number of anilines is 1. The fraction of sp³-hybridized carbons (Fsp3) is 0.250. The molecule has 0 fully saturated rings. The van der Waals surface area contributed by atoms with Gasteiger partial charge in [0.2, 0.25) is 0 Å². The van der Waals surface area contributed by atoms with Crippen LogP contribution >= 0.6 is 0 Å². The summed E-state index contributed by atoms with van der Waals surface area (Å²) >= 11 is 0. The van der Waals surface area contributed by atoms with Gasteiger partial charge in [-0.2, -0.15) is 0 Å². The summed E-state index contributed by atoms with van der Waals surface area (Å²) in [7, 11) is 0. The third-order valence-corrected chi connectivity index (χ3v) is 2.26. The van der Waals surface area contributed by atoms with Gasteiger partial charge in [0, 0.05) is 18.3 Å². The van der Waals surface area contributed by atoms with E-state index in [-0.39, 0.29) is 0 Å². The summed E-state index contributed by atoms with van der Waals surface area (Å²) in [5.74, 6) is 0.849. The zero-order chi connectivity index (χ0) is 11.4. The Morgan fingerprint density at radius 1 is 1.31 bits per heavy atom. The Bertz CT molecular complexity index is 465. The molecule has 0 radical (unpaired) electrons. The highest BCUT2D eigenvalue weighted by molar-refractivity contribution is 5.40. The maximum Gasteiger partial charge on any atom is 0.150 e. The van der Waals surface area contributed by atoms with Gasteiger partial charge in [0.15, 0.2) is 5.76 Å². The SMILES string of the molecule is Cc1cc(CNCc2cccc(N)c2)on1. The number of nitrogens with zero attached hydrogens (tertiary/aromatic N) is 1. The van der Waals surface area contributed by atoms with Crippen molar-refractivity contribution in [3.05, 3.63) is 47.3 Å². The molecule has 4 heteroatoms. The van der Waals surface area contributed by atoms with E-state index in [4.69, 9.17) is 10.3 Å². The highest BCUT2D eigenvalue weighted by Crippen LogP contribution is 2.07. The molecule has 2 aromatic rings. The van der Waals surface area contributed by atoms with E-state index in [2.05, 4.69) is 10.5 Å². The summed E-state index contributed by atoms with van der Waals surface area (Å²) in [6.45, 7) is 3.35. The third-order valence-electron chi connectivity index (χ3n) is 2.26. The van der Waals surface area contributed by atoms with Crippen LogP contribution in [0.25, 0.3) is 0 Å². The normalized spacial score (nSPS) is 10.6. The maximum absolute atomic E-state index is 5.69. The molecule has 0 saturated heterocycles. The molecule has 0 saturated carbocycles. The van der Waals surface area contributed by atoms with Gasteiger partial charge in [-0.3, -0.25) is 0 Å². The fourth-order valence-electron chi connectivity index (χ4n) is 1.53. The largest absolute Gasteiger partial charge is 0.399 e. The number of nitrogen functional groups attached to an aromatic ring is 1. The molecule has 0 aliphatic heterocycles. The second-order valence-corrected chi connectivity index (χ2v) is 3.78. The zero-order valence-corrected chi connectivity index (χ0v) is 9.23. The highest BCUT2D eigenvalue weighted by Gasteiger charge is 1.99. The molecule has 1 aromatic carbocycles. The van der Waals surface area contributed by atoms with Crippen molar-refractivity contribution in [3.8, 4) is 0 Å². The van der Waals surface area contributed by atoms with E-state index in [9.17, 15) is 0 Å². The lowest BCUT2D eigenvalue weighted by molar-refractivity contribution is 0.369. The van der Waals surface area contributed by atoms with Crippen molar-refractivity contribution in [1.29, 1.82) is 0 Å². The standard InChI is InChI=1S/C12H15N3O/c1-9-5-12(16-15-9)8-14-7-10-3-2-4-11(13)6-10/h2-6,14H,7-8,13H2,1H3. The van der Waals surface area contributed by atoms with Crippen molar-refractivity contribution < 1.29 is 4.52 Å². The van der Waals surface area contributed by atoms with Gasteiger partial charge >= 0.3 is 0 Å². The summed E-state index contributed by atoms with van der Waals surface area (Å²) in [6.07, 6.45) is 0. The average molecular weight is 217 g/mol. The molecule has 4 nitrogen and oxygen atoms in total. The second-order valence-electron chi connectivity index (χ2n) is 3.78. The van der Waals surface area contributed by atoms with Crippen molar-refractivity contribution in [1.82, 2.24) is 10.5 Å². The van der Waals surface area contributed by atoms with Gasteiger partial charge in [0.05, 0.1) is 12.2 Å². The number of aromatic nitrogens is 1. The summed E-state index contributed by atoms with van der Waals surface area (Å²) in [5, 5.41) is 7.09. The van der Waals surface area contributed by atoms with E-state index in [1.54, 1.807) is 0 Å². The third kappa shape index (κ3) is 2.84. The predicted molar refractivity (Wildman–Crippen MR) is 62.6 cm³/mol. The lowest BCUT2D eigenvalue weighted by Crippen LogP contribution is -2.12. The molecule has 16 heavy (non-hydrogen) atoms. The Morgan fingerprint density at radius 3 is 2.88 bits per heavy atom. The van der Waals surface area contributed by atoms with Crippen LogP contribution in [-0.4, -0.2) is 5.16 Å². The molecule has 0 bridgehead atoms. The Morgan fingerprint density at radius 2 is 2.19 bits per heavy atom. The quantitative estimate of drug-likeness (QED) is 0.767. The highest BCUT2D eigenvalue weighted by atomic mass is 16.5. The van der Waals surface area contributed by atoms with Crippen LogP contribution < -0.4 is 11.1 Å². The average Bonchev–Trinajstić information content (AvgIpc) is 2.64. The Balaban J connectivity index is 1.84. The monoisotopic (exact) mass is 217 g/mol. The molecular formula is C12H15N3O. The smallest absolute Gasteiger partial charge is 0.150 e. The van der Waals surface area contributed by atoms with Crippen LogP contribution in [0, 0.1) is 6.92 Å². The Hall–Kier alpha value is -1.81. The lowest BCUT2D eigenvalue weighted by Gasteiger charge is -2.03. The van der Waals surface area contributed by atoms with Crippen molar-refractivity contribution in [3.63, 3.8) is 0 Å². The van der Waals surface area contributed by atoms with Crippen LogP contribution in [0.4, 0.5) is 5.69 Å². The molecule has 0 atom stereocenters. The summed E-state index contributed by atoms with van der Waals surface area (Å²) in [6, 6.07) is 9.74. The molecular weight excluding hydrogens is 202 g/mol. The fourth-order valence-corrected chi connectivity index (χ4v) is 1.53. The number of rotatable bonds is 4. The van der Waals surface area contributed by atoms with Crippen LogP contribution in [0.3, 0.4) is 0 Å². The van der Waals surface area contributed by atoms with Gasteiger partial charge in [-0.15, -0.1) is 0 Å². The van der Waals surface area contributed by atoms with Crippen molar-refractivity contribution in [2.75, 3.05) is 5.73 Å². The van der Waals surface area contributed by atoms with Crippen molar-refractivity contribution >= 4 is 5.69 Å². The first kappa shape index (κ1) is 10.7. The maximum atomic E-state index is 5.69. The van der Waals surface area contributed by atoms with E-state index in [1.165, 1.54) is 0 Å². The molecule has 1 aromatic heterocycles.